The van der Waals surface area contributed by atoms with Crippen molar-refractivity contribution in [1.29, 1.82) is 0 Å². The Bertz CT molecular complexity index is 2130. The van der Waals surface area contributed by atoms with Crippen LogP contribution in [0.3, 0.4) is 0 Å². The molecule has 17 heteroatoms. The van der Waals surface area contributed by atoms with Gasteiger partial charge in [0, 0.05) is 28.6 Å². The van der Waals surface area contributed by atoms with Crippen molar-refractivity contribution >= 4 is 72.8 Å². The predicted octanol–water partition coefficient (Wildman–Crippen LogP) is 2.65. The quantitative estimate of drug-likeness (QED) is 0.172. The molecule has 5 aromatic rings. The standard InChI is InChI=1S/C16H10O12S4.C5H5N/c17-29(18,19)10-6-8-3-1-2-7-4-5-9-12(11(7)8)13(10)15(31(23,24)25)16(32(26,27)28)14(9)30(20,21)22;1-2-4-6-5-3-1/h1-6H,(H,17,18,19)(H,20,21,22)(H,23,24,25)(H,26,27,28);1-5H. The number of hydrogen-bond donors (Lipinski definition) is 4. The molecule has 0 spiro atoms. The van der Waals surface area contributed by atoms with Gasteiger partial charge >= 0.3 is 0 Å². The first-order valence-corrected chi connectivity index (χ1v) is 15.7. The molecule has 13 nitrogen and oxygen atoms in total. The Morgan fingerprint density at radius 3 is 1.50 bits per heavy atom. The number of rotatable bonds is 4. The van der Waals surface area contributed by atoms with Crippen LogP contribution < -0.4 is 0 Å². The maximum absolute atomic E-state index is 12.2. The van der Waals surface area contributed by atoms with Crippen LogP contribution in [0.2, 0.25) is 0 Å². The van der Waals surface area contributed by atoms with Crippen molar-refractivity contribution in [3.63, 3.8) is 0 Å². The maximum atomic E-state index is 12.2. The second-order valence-corrected chi connectivity index (χ2v) is 13.2. The first-order chi connectivity index (χ1) is 17.4. The molecule has 0 saturated carbocycles. The summed E-state index contributed by atoms with van der Waals surface area (Å²) in [4.78, 5) is -2.82. The van der Waals surface area contributed by atoms with E-state index in [-0.39, 0.29) is 10.8 Å². The lowest BCUT2D eigenvalue weighted by Gasteiger charge is -2.20. The Morgan fingerprint density at radius 2 is 1.05 bits per heavy atom. The van der Waals surface area contributed by atoms with Gasteiger partial charge in [0.05, 0.1) is 0 Å². The van der Waals surface area contributed by atoms with Crippen LogP contribution in [0, 0.1) is 0 Å². The summed E-state index contributed by atoms with van der Waals surface area (Å²) in [5, 5.41) is -1.88. The average molecular weight is 602 g/mol. The largest absolute Gasteiger partial charge is 0.297 e. The van der Waals surface area contributed by atoms with Gasteiger partial charge in [0.1, 0.15) is 19.6 Å². The topological polar surface area (TPSA) is 230 Å². The normalized spacial score (nSPS) is 13.1. The van der Waals surface area contributed by atoms with E-state index in [9.17, 15) is 51.9 Å². The summed E-state index contributed by atoms with van der Waals surface area (Å²) in [7, 11) is -22.5. The molecule has 0 saturated heterocycles. The molecular formula is C21H15NO12S4. The first kappa shape index (κ1) is 27.7. The zero-order chi connectivity index (χ0) is 28.3. The van der Waals surface area contributed by atoms with E-state index in [0.29, 0.717) is 5.39 Å². The van der Waals surface area contributed by atoms with Gasteiger partial charge in [-0.1, -0.05) is 36.4 Å². The molecule has 0 aliphatic heterocycles. The average Bonchev–Trinajstić information content (AvgIpc) is 2.80. The molecule has 4 N–H and O–H groups in total. The summed E-state index contributed by atoms with van der Waals surface area (Å²) in [5.74, 6) is 0. The zero-order valence-corrected chi connectivity index (χ0v) is 21.8. The van der Waals surface area contributed by atoms with Gasteiger partial charge in [-0.15, -0.1) is 0 Å². The van der Waals surface area contributed by atoms with Gasteiger partial charge in [-0.3, -0.25) is 23.2 Å². The van der Waals surface area contributed by atoms with Gasteiger partial charge in [0.25, 0.3) is 40.5 Å². The Balaban J connectivity index is 0.000000494. The van der Waals surface area contributed by atoms with Gasteiger partial charge < -0.3 is 0 Å². The fourth-order valence-electron chi connectivity index (χ4n) is 4.13. The molecule has 0 unspecified atom stereocenters. The fourth-order valence-corrected chi connectivity index (χ4v) is 8.53. The molecule has 5 rings (SSSR count). The molecule has 38 heavy (non-hydrogen) atoms. The third-order valence-electron chi connectivity index (χ3n) is 5.36. The molecule has 4 aromatic carbocycles. The Morgan fingerprint density at radius 1 is 0.500 bits per heavy atom. The summed E-state index contributed by atoms with van der Waals surface area (Å²) in [6, 6.07) is 13.0. The van der Waals surface area contributed by atoms with Crippen molar-refractivity contribution in [3.8, 4) is 0 Å². The van der Waals surface area contributed by atoms with Crippen molar-refractivity contribution in [1.82, 2.24) is 4.98 Å². The van der Waals surface area contributed by atoms with Gasteiger partial charge in [-0.25, -0.2) is 0 Å². The van der Waals surface area contributed by atoms with Gasteiger partial charge in [-0.05, 0) is 34.4 Å². The summed E-state index contributed by atoms with van der Waals surface area (Å²) in [5.41, 5.74) is 0. The number of hydrogen-bond acceptors (Lipinski definition) is 9. The molecular weight excluding hydrogens is 586 g/mol. The molecule has 1 heterocycles. The third kappa shape index (κ3) is 4.93. The Hall–Kier alpha value is -3.29. The lowest BCUT2D eigenvalue weighted by atomic mass is 9.94. The Kier molecular flexibility index (Phi) is 6.69. The lowest BCUT2D eigenvalue weighted by molar-refractivity contribution is 0.458. The fraction of sp³-hybridized carbons (Fsp3) is 0. The maximum Gasteiger partial charge on any atom is 0.297 e. The van der Waals surface area contributed by atoms with Gasteiger partial charge in [0.2, 0.25) is 0 Å². The molecule has 0 amide bonds. The smallest absolute Gasteiger partial charge is 0.282 e. The predicted molar refractivity (Wildman–Crippen MR) is 134 cm³/mol. The van der Waals surface area contributed by atoms with Gasteiger partial charge in [0.15, 0.2) is 0 Å². The monoisotopic (exact) mass is 601 g/mol. The highest BCUT2D eigenvalue weighted by Crippen LogP contribution is 2.46. The lowest BCUT2D eigenvalue weighted by Crippen LogP contribution is -2.17. The van der Waals surface area contributed by atoms with Crippen molar-refractivity contribution < 1.29 is 51.9 Å². The molecule has 0 aliphatic carbocycles. The van der Waals surface area contributed by atoms with Gasteiger partial charge in [-0.2, -0.15) is 33.7 Å². The summed E-state index contributed by atoms with van der Waals surface area (Å²) in [6.07, 6.45) is 3.50. The minimum Gasteiger partial charge on any atom is -0.282 e. The molecule has 200 valence electrons. The van der Waals surface area contributed by atoms with Crippen LogP contribution in [0.5, 0.6) is 0 Å². The van der Waals surface area contributed by atoms with Crippen LogP contribution in [-0.2, 0) is 40.5 Å². The number of nitrogens with zero attached hydrogens (tertiary/aromatic N) is 1. The van der Waals surface area contributed by atoms with Crippen LogP contribution in [0.4, 0.5) is 0 Å². The van der Waals surface area contributed by atoms with Crippen molar-refractivity contribution in [2.75, 3.05) is 0 Å². The minimum atomic E-state index is -5.84. The van der Waals surface area contributed by atoms with E-state index in [0.717, 1.165) is 12.1 Å². The van der Waals surface area contributed by atoms with Crippen LogP contribution in [0.1, 0.15) is 0 Å². The molecule has 0 fully saturated rings. The zero-order valence-electron chi connectivity index (χ0n) is 18.5. The Labute approximate surface area is 215 Å². The van der Waals surface area contributed by atoms with E-state index >= 15 is 0 Å². The van der Waals surface area contributed by atoms with Crippen LogP contribution in [-0.4, -0.2) is 56.9 Å². The van der Waals surface area contributed by atoms with E-state index < -0.39 is 76.2 Å². The summed E-state index contributed by atoms with van der Waals surface area (Å²) >= 11 is 0. The number of aromatic nitrogens is 1. The second kappa shape index (κ2) is 9.17. The van der Waals surface area contributed by atoms with Crippen LogP contribution >= 0.6 is 0 Å². The van der Waals surface area contributed by atoms with Crippen molar-refractivity contribution in [2.45, 2.75) is 19.6 Å². The van der Waals surface area contributed by atoms with Crippen molar-refractivity contribution in [3.05, 3.63) is 67.0 Å². The minimum absolute atomic E-state index is 0.0316. The van der Waals surface area contributed by atoms with Crippen molar-refractivity contribution in [2.24, 2.45) is 0 Å². The van der Waals surface area contributed by atoms with E-state index in [4.69, 9.17) is 0 Å². The molecule has 0 bridgehead atoms. The first-order valence-electron chi connectivity index (χ1n) is 9.96. The van der Waals surface area contributed by atoms with Crippen LogP contribution in [0.15, 0.2) is 86.6 Å². The highest BCUT2D eigenvalue weighted by atomic mass is 32.2. The van der Waals surface area contributed by atoms with E-state index in [2.05, 4.69) is 4.98 Å². The second-order valence-electron chi connectivity index (χ2n) is 7.73. The van der Waals surface area contributed by atoms with E-state index in [1.807, 2.05) is 18.2 Å². The number of pyridine rings is 1. The molecule has 0 atom stereocenters. The SMILES string of the molecule is O=S(=O)(O)c1c(S(=O)(=O)O)c2ccc3cccc4cc(S(=O)(=O)O)c(c1S(=O)(=O)O)c2c34.c1ccncc1. The van der Waals surface area contributed by atoms with E-state index in [1.165, 1.54) is 24.3 Å². The highest BCUT2D eigenvalue weighted by molar-refractivity contribution is 7.91. The third-order valence-corrected chi connectivity index (χ3v) is 9.29. The van der Waals surface area contributed by atoms with Crippen LogP contribution in [0.25, 0.3) is 32.3 Å². The number of benzene rings is 4. The van der Waals surface area contributed by atoms with E-state index in [1.54, 1.807) is 12.4 Å². The molecule has 1 aromatic heterocycles. The molecule has 0 radical (unpaired) electrons. The molecule has 0 aliphatic rings. The summed E-state index contributed by atoms with van der Waals surface area (Å²) < 4.78 is 136. The summed E-state index contributed by atoms with van der Waals surface area (Å²) in [6.45, 7) is 0. The highest BCUT2D eigenvalue weighted by Gasteiger charge is 2.39.